The number of imidazole rings is 1. The number of benzene rings is 1. The summed E-state index contributed by atoms with van der Waals surface area (Å²) in [6.45, 7) is 2.63. The molecule has 0 N–H and O–H groups in total. The van der Waals surface area contributed by atoms with Crippen LogP contribution in [0.2, 0.25) is 0 Å². The number of hydrogen-bond donors (Lipinski definition) is 0. The molecule has 0 saturated carbocycles. The zero-order chi connectivity index (χ0) is 13.2. The van der Waals surface area contributed by atoms with Crippen molar-refractivity contribution in [3.63, 3.8) is 0 Å². The summed E-state index contributed by atoms with van der Waals surface area (Å²) in [6.07, 6.45) is 4.00. The number of ether oxygens (including phenoxy) is 1. The number of aromatic nitrogens is 2. The van der Waals surface area contributed by atoms with Gasteiger partial charge in [0.25, 0.3) is 0 Å². The second kappa shape index (κ2) is 5.05. The van der Waals surface area contributed by atoms with Crippen LogP contribution in [-0.4, -0.2) is 16.0 Å². The molecule has 4 heteroatoms. The van der Waals surface area contributed by atoms with E-state index in [4.69, 9.17) is 4.74 Å². The Morgan fingerprint density at radius 2 is 2.05 bits per heavy atom. The summed E-state index contributed by atoms with van der Waals surface area (Å²) in [7, 11) is 0. The lowest BCUT2D eigenvalue weighted by molar-refractivity contribution is 0.341. The average Bonchev–Trinajstić information content (AvgIpc) is 2.85. The van der Waals surface area contributed by atoms with Crippen LogP contribution in [0, 0.1) is 0 Å². The first-order valence-corrected chi connectivity index (χ1v) is 6.94. The molecule has 19 heavy (non-hydrogen) atoms. The molecule has 0 spiro atoms. The second-order valence-corrected chi connectivity index (χ2v) is 5.00. The molecule has 0 saturated heterocycles. The maximum atomic E-state index is 5.66. The van der Waals surface area contributed by atoms with Gasteiger partial charge in [-0.1, -0.05) is 12.1 Å². The molecule has 0 aliphatic carbocycles. The van der Waals surface area contributed by atoms with Crippen LogP contribution in [-0.2, 0) is 0 Å². The smallest absolute Gasteiger partial charge is 0.151 e. The minimum absolute atomic E-state index is 0.647. The summed E-state index contributed by atoms with van der Waals surface area (Å²) < 4.78 is 8.64. The Morgan fingerprint density at radius 3 is 2.84 bits per heavy atom. The molecule has 0 aliphatic heterocycles. The van der Waals surface area contributed by atoms with Gasteiger partial charge in [-0.15, -0.1) is 0 Å². The summed E-state index contributed by atoms with van der Waals surface area (Å²) in [5.74, 6) is 0.865. The predicted octanol–water partition coefficient (Wildman–Crippen LogP) is 4.16. The van der Waals surface area contributed by atoms with E-state index in [-0.39, 0.29) is 0 Å². The highest BCUT2D eigenvalue weighted by Gasteiger charge is 2.10. The van der Waals surface area contributed by atoms with Crippen LogP contribution in [0.5, 0.6) is 5.75 Å². The lowest BCUT2D eigenvalue weighted by Crippen LogP contribution is -1.93. The van der Waals surface area contributed by atoms with Gasteiger partial charge in [-0.3, -0.25) is 0 Å². The molecule has 1 aromatic carbocycles. The van der Waals surface area contributed by atoms with Gasteiger partial charge in [0.15, 0.2) is 5.65 Å². The minimum atomic E-state index is 0.647. The normalized spacial score (nSPS) is 10.8. The quantitative estimate of drug-likeness (QED) is 0.725. The van der Waals surface area contributed by atoms with Crippen LogP contribution in [0.25, 0.3) is 16.9 Å². The fourth-order valence-corrected chi connectivity index (χ4v) is 2.51. The summed E-state index contributed by atoms with van der Waals surface area (Å²) in [5, 5.41) is 0. The van der Waals surface area contributed by atoms with Gasteiger partial charge in [0.2, 0.25) is 0 Å². The van der Waals surface area contributed by atoms with Gasteiger partial charge in [0, 0.05) is 18.0 Å². The first-order chi connectivity index (χ1) is 9.29. The SMILES string of the molecule is CCOc1ccccc1-c1cn2cccc(Br)c2n1. The van der Waals surface area contributed by atoms with E-state index in [1.54, 1.807) is 0 Å². The van der Waals surface area contributed by atoms with Gasteiger partial charge in [-0.2, -0.15) is 0 Å². The number of para-hydroxylation sites is 1. The summed E-state index contributed by atoms with van der Waals surface area (Å²) >= 11 is 3.52. The topological polar surface area (TPSA) is 26.5 Å². The number of pyridine rings is 1. The molecule has 0 unspecified atom stereocenters. The zero-order valence-electron chi connectivity index (χ0n) is 10.5. The Bertz CT molecular complexity index is 721. The van der Waals surface area contributed by atoms with E-state index in [0.29, 0.717) is 6.61 Å². The number of nitrogens with zero attached hydrogens (tertiary/aromatic N) is 2. The Labute approximate surface area is 120 Å². The maximum absolute atomic E-state index is 5.66. The highest BCUT2D eigenvalue weighted by Crippen LogP contribution is 2.30. The van der Waals surface area contributed by atoms with Crippen molar-refractivity contribution in [3.8, 4) is 17.0 Å². The molecule has 2 heterocycles. The first kappa shape index (κ1) is 12.2. The maximum Gasteiger partial charge on any atom is 0.151 e. The van der Waals surface area contributed by atoms with Gasteiger partial charge >= 0.3 is 0 Å². The van der Waals surface area contributed by atoms with Crippen molar-refractivity contribution in [2.45, 2.75) is 6.92 Å². The number of rotatable bonds is 3. The van der Waals surface area contributed by atoms with E-state index in [1.165, 1.54) is 0 Å². The summed E-state index contributed by atoms with van der Waals surface area (Å²) in [5.41, 5.74) is 2.83. The Morgan fingerprint density at radius 1 is 1.21 bits per heavy atom. The molecule has 0 amide bonds. The highest BCUT2D eigenvalue weighted by molar-refractivity contribution is 9.10. The fraction of sp³-hybridized carbons (Fsp3) is 0.133. The second-order valence-electron chi connectivity index (χ2n) is 4.14. The Balaban J connectivity index is 2.17. The van der Waals surface area contributed by atoms with Crippen molar-refractivity contribution in [2.24, 2.45) is 0 Å². The van der Waals surface area contributed by atoms with Crippen molar-refractivity contribution in [1.82, 2.24) is 9.38 Å². The molecule has 0 aliphatic rings. The molecule has 3 aromatic rings. The molecule has 3 nitrogen and oxygen atoms in total. The highest BCUT2D eigenvalue weighted by atomic mass is 79.9. The third kappa shape index (κ3) is 2.24. The van der Waals surface area contributed by atoms with E-state index in [9.17, 15) is 0 Å². The predicted molar refractivity (Wildman–Crippen MR) is 79.5 cm³/mol. The van der Waals surface area contributed by atoms with Crippen LogP contribution in [0.3, 0.4) is 0 Å². The molecular weight excluding hydrogens is 304 g/mol. The van der Waals surface area contributed by atoms with E-state index in [0.717, 1.165) is 27.1 Å². The van der Waals surface area contributed by atoms with Crippen molar-refractivity contribution < 1.29 is 4.74 Å². The third-order valence-corrected chi connectivity index (χ3v) is 3.52. The molecule has 0 fully saturated rings. The van der Waals surface area contributed by atoms with Crippen LogP contribution >= 0.6 is 15.9 Å². The van der Waals surface area contributed by atoms with E-state index in [2.05, 4.69) is 20.9 Å². The van der Waals surface area contributed by atoms with Crippen molar-refractivity contribution in [2.75, 3.05) is 6.61 Å². The Hall–Kier alpha value is -1.81. The molecule has 0 atom stereocenters. The molecule has 0 bridgehead atoms. The lowest BCUT2D eigenvalue weighted by atomic mass is 10.1. The van der Waals surface area contributed by atoms with Crippen molar-refractivity contribution in [3.05, 3.63) is 53.3 Å². The van der Waals surface area contributed by atoms with Gasteiger partial charge in [-0.05, 0) is 47.1 Å². The number of hydrogen-bond acceptors (Lipinski definition) is 2. The number of halogens is 1. The molecule has 2 aromatic heterocycles. The average molecular weight is 317 g/mol. The molecular formula is C15H13BrN2O. The summed E-state index contributed by atoms with van der Waals surface area (Å²) in [4.78, 5) is 4.66. The van der Waals surface area contributed by atoms with Crippen LogP contribution in [0.1, 0.15) is 6.92 Å². The zero-order valence-corrected chi connectivity index (χ0v) is 12.1. The van der Waals surface area contributed by atoms with Crippen molar-refractivity contribution >= 4 is 21.6 Å². The number of fused-ring (bicyclic) bond motifs is 1. The standard InChI is InChI=1S/C15H13BrN2O/c1-2-19-14-8-4-3-6-11(14)13-10-18-9-5-7-12(16)15(18)17-13/h3-10H,2H2,1H3. The molecule has 3 rings (SSSR count). The Kier molecular flexibility index (Phi) is 3.25. The van der Waals surface area contributed by atoms with E-state index in [1.807, 2.05) is 60.1 Å². The van der Waals surface area contributed by atoms with E-state index >= 15 is 0 Å². The van der Waals surface area contributed by atoms with E-state index < -0.39 is 0 Å². The third-order valence-electron chi connectivity index (χ3n) is 2.90. The van der Waals surface area contributed by atoms with Gasteiger partial charge in [0.05, 0.1) is 16.8 Å². The molecule has 96 valence electrons. The van der Waals surface area contributed by atoms with Crippen LogP contribution < -0.4 is 4.74 Å². The van der Waals surface area contributed by atoms with Gasteiger partial charge in [-0.25, -0.2) is 4.98 Å². The van der Waals surface area contributed by atoms with Crippen molar-refractivity contribution in [1.29, 1.82) is 0 Å². The monoisotopic (exact) mass is 316 g/mol. The fourth-order valence-electron chi connectivity index (χ4n) is 2.07. The van der Waals surface area contributed by atoms with Crippen LogP contribution in [0.4, 0.5) is 0 Å². The lowest BCUT2D eigenvalue weighted by Gasteiger charge is -2.07. The van der Waals surface area contributed by atoms with Crippen LogP contribution in [0.15, 0.2) is 53.3 Å². The van der Waals surface area contributed by atoms with Gasteiger partial charge < -0.3 is 9.14 Å². The minimum Gasteiger partial charge on any atom is -0.493 e. The largest absolute Gasteiger partial charge is 0.493 e. The summed E-state index contributed by atoms with van der Waals surface area (Å²) in [6, 6.07) is 11.9. The van der Waals surface area contributed by atoms with Gasteiger partial charge in [0.1, 0.15) is 5.75 Å². The molecule has 0 radical (unpaired) electrons. The first-order valence-electron chi connectivity index (χ1n) is 6.15.